The summed E-state index contributed by atoms with van der Waals surface area (Å²) in [7, 11) is -1.32. The van der Waals surface area contributed by atoms with Crippen molar-refractivity contribution in [2.24, 2.45) is 5.92 Å². The van der Waals surface area contributed by atoms with Crippen LogP contribution >= 0.6 is 0 Å². The average Bonchev–Trinajstić information content (AvgIpc) is 3.32. The summed E-state index contributed by atoms with van der Waals surface area (Å²) in [6, 6.07) is 1.98. The first-order valence-electron chi connectivity index (χ1n) is 8.38. The Hall–Kier alpha value is -1.21. The fraction of sp³-hybridized carbons (Fsp3) is 0.750. The van der Waals surface area contributed by atoms with Gasteiger partial charge in [-0.25, -0.2) is 22.7 Å². The first-order chi connectivity index (χ1) is 10.9. The number of piperidine rings is 1. The lowest BCUT2D eigenvalue weighted by Crippen LogP contribution is -2.40. The van der Waals surface area contributed by atoms with Crippen LogP contribution in [0, 0.1) is 19.8 Å². The van der Waals surface area contributed by atoms with Gasteiger partial charge in [-0.2, -0.15) is 0 Å². The molecule has 1 aliphatic heterocycles. The van der Waals surface area contributed by atoms with Gasteiger partial charge in [0.15, 0.2) is 0 Å². The summed E-state index contributed by atoms with van der Waals surface area (Å²) in [5.41, 5.74) is 1.98. The summed E-state index contributed by atoms with van der Waals surface area (Å²) in [6.07, 6.45) is 3.63. The molecule has 2 heterocycles. The number of sulfonamides is 1. The predicted molar refractivity (Wildman–Crippen MR) is 91.0 cm³/mol. The quantitative estimate of drug-likeness (QED) is 0.818. The molecule has 0 atom stereocenters. The smallest absolute Gasteiger partial charge is 0.225 e. The number of aryl methyl sites for hydroxylation is 2. The fourth-order valence-corrected chi connectivity index (χ4v) is 4.91. The largest absolute Gasteiger partial charge is 0.341 e. The predicted octanol–water partition coefficient (Wildman–Crippen LogP) is 1.73. The summed E-state index contributed by atoms with van der Waals surface area (Å²) in [5.74, 6) is 1.23. The highest BCUT2D eigenvalue weighted by atomic mass is 32.2. The van der Waals surface area contributed by atoms with Gasteiger partial charge in [0.05, 0.1) is 5.25 Å². The van der Waals surface area contributed by atoms with Crippen LogP contribution in [-0.2, 0) is 10.0 Å². The zero-order valence-electron chi connectivity index (χ0n) is 14.2. The van der Waals surface area contributed by atoms with E-state index < -0.39 is 10.0 Å². The molecule has 1 saturated heterocycles. The zero-order chi connectivity index (χ0) is 16.6. The van der Waals surface area contributed by atoms with Gasteiger partial charge in [-0.1, -0.05) is 0 Å². The van der Waals surface area contributed by atoms with Crippen molar-refractivity contribution in [3.8, 4) is 0 Å². The SMILES string of the molecule is Cc1cc(C)nc(N2CCC(CN(C)S(=O)(=O)C3CC3)CC2)n1. The van der Waals surface area contributed by atoms with Gasteiger partial charge < -0.3 is 4.90 Å². The van der Waals surface area contributed by atoms with Gasteiger partial charge in [-0.15, -0.1) is 0 Å². The maximum absolute atomic E-state index is 12.2. The van der Waals surface area contributed by atoms with E-state index in [9.17, 15) is 8.42 Å². The molecule has 7 heteroatoms. The van der Waals surface area contributed by atoms with E-state index in [0.29, 0.717) is 12.5 Å². The Bertz CT molecular complexity index is 644. The summed E-state index contributed by atoms with van der Waals surface area (Å²) in [4.78, 5) is 11.3. The summed E-state index contributed by atoms with van der Waals surface area (Å²) in [6.45, 7) is 6.40. The third-order valence-corrected chi connectivity index (χ3v) is 7.10. The minimum Gasteiger partial charge on any atom is -0.341 e. The highest BCUT2D eigenvalue weighted by Gasteiger charge is 2.39. The van der Waals surface area contributed by atoms with Crippen molar-refractivity contribution >= 4 is 16.0 Å². The Morgan fingerprint density at radius 1 is 1.13 bits per heavy atom. The standard InChI is InChI=1S/C16H26N4O2S/c1-12-10-13(2)18-16(17-12)20-8-6-14(7-9-20)11-19(3)23(21,22)15-4-5-15/h10,14-15H,4-9,11H2,1-3H3. The van der Waals surface area contributed by atoms with Crippen molar-refractivity contribution < 1.29 is 8.42 Å². The Morgan fingerprint density at radius 3 is 2.22 bits per heavy atom. The number of hydrogen-bond donors (Lipinski definition) is 0. The third kappa shape index (κ3) is 3.83. The Morgan fingerprint density at radius 2 is 1.70 bits per heavy atom. The highest BCUT2D eigenvalue weighted by Crippen LogP contribution is 2.31. The number of anilines is 1. The van der Waals surface area contributed by atoms with Gasteiger partial charge in [0, 0.05) is 38.1 Å². The van der Waals surface area contributed by atoms with E-state index in [1.54, 1.807) is 11.4 Å². The second-order valence-electron chi connectivity index (χ2n) is 6.91. The molecule has 1 saturated carbocycles. The molecule has 0 spiro atoms. The second-order valence-corrected chi connectivity index (χ2v) is 9.23. The van der Waals surface area contributed by atoms with Crippen molar-refractivity contribution in [2.75, 3.05) is 31.6 Å². The number of nitrogens with zero attached hydrogens (tertiary/aromatic N) is 4. The summed E-state index contributed by atoms with van der Waals surface area (Å²) >= 11 is 0. The van der Waals surface area contributed by atoms with Crippen LogP contribution in [0.5, 0.6) is 0 Å². The van der Waals surface area contributed by atoms with Crippen LogP contribution in [-0.4, -0.2) is 54.6 Å². The fourth-order valence-electron chi connectivity index (χ4n) is 3.25. The van der Waals surface area contributed by atoms with Crippen molar-refractivity contribution in [2.45, 2.75) is 44.8 Å². The summed E-state index contributed by atoms with van der Waals surface area (Å²) < 4.78 is 26.0. The van der Waals surface area contributed by atoms with Gasteiger partial charge in [-0.05, 0) is 51.5 Å². The molecule has 0 bridgehead atoms. The Labute approximate surface area is 139 Å². The average molecular weight is 338 g/mol. The van der Waals surface area contributed by atoms with Crippen molar-refractivity contribution in [3.63, 3.8) is 0 Å². The topological polar surface area (TPSA) is 66.4 Å². The Balaban J connectivity index is 1.56. The molecular formula is C16H26N4O2S. The first kappa shape index (κ1) is 16.6. The van der Waals surface area contributed by atoms with Gasteiger partial charge in [0.1, 0.15) is 0 Å². The van der Waals surface area contributed by atoms with Crippen LogP contribution in [0.2, 0.25) is 0 Å². The third-order valence-electron chi connectivity index (χ3n) is 4.76. The molecule has 2 aliphatic rings. The zero-order valence-corrected chi connectivity index (χ0v) is 15.0. The van der Waals surface area contributed by atoms with Crippen LogP contribution < -0.4 is 4.90 Å². The molecule has 1 aliphatic carbocycles. The number of hydrogen-bond acceptors (Lipinski definition) is 5. The minimum atomic E-state index is -3.05. The molecule has 6 nitrogen and oxygen atoms in total. The van der Waals surface area contributed by atoms with E-state index in [1.165, 1.54) is 0 Å². The lowest BCUT2D eigenvalue weighted by molar-refractivity contribution is 0.326. The summed E-state index contributed by atoms with van der Waals surface area (Å²) in [5, 5.41) is -0.115. The molecule has 0 amide bonds. The van der Waals surface area contributed by atoms with Gasteiger partial charge in [-0.3, -0.25) is 0 Å². The highest BCUT2D eigenvalue weighted by molar-refractivity contribution is 7.90. The van der Waals surface area contributed by atoms with E-state index in [-0.39, 0.29) is 5.25 Å². The maximum atomic E-state index is 12.2. The van der Waals surface area contributed by atoms with E-state index in [1.807, 2.05) is 19.9 Å². The number of aromatic nitrogens is 2. The lowest BCUT2D eigenvalue weighted by Gasteiger charge is -2.33. The molecule has 0 radical (unpaired) electrons. The molecule has 0 N–H and O–H groups in total. The van der Waals surface area contributed by atoms with Crippen LogP contribution in [0.15, 0.2) is 6.07 Å². The molecular weight excluding hydrogens is 312 g/mol. The molecule has 128 valence electrons. The van der Waals surface area contributed by atoms with Crippen LogP contribution in [0.4, 0.5) is 5.95 Å². The van der Waals surface area contributed by atoms with Crippen molar-refractivity contribution in [1.29, 1.82) is 0 Å². The van der Waals surface area contributed by atoms with Gasteiger partial charge in [0.25, 0.3) is 0 Å². The van der Waals surface area contributed by atoms with Crippen LogP contribution in [0.3, 0.4) is 0 Å². The van der Waals surface area contributed by atoms with E-state index in [2.05, 4.69) is 14.9 Å². The van der Waals surface area contributed by atoms with Crippen molar-refractivity contribution in [3.05, 3.63) is 17.5 Å². The lowest BCUT2D eigenvalue weighted by atomic mass is 9.97. The maximum Gasteiger partial charge on any atom is 0.225 e. The van der Waals surface area contributed by atoms with E-state index in [4.69, 9.17) is 0 Å². The minimum absolute atomic E-state index is 0.115. The van der Waals surface area contributed by atoms with E-state index >= 15 is 0 Å². The first-order valence-corrected chi connectivity index (χ1v) is 9.89. The van der Waals surface area contributed by atoms with Gasteiger partial charge in [0.2, 0.25) is 16.0 Å². The molecule has 1 aromatic rings. The molecule has 0 unspecified atom stereocenters. The monoisotopic (exact) mass is 338 g/mol. The molecule has 2 fully saturated rings. The van der Waals surface area contributed by atoms with Crippen molar-refractivity contribution in [1.82, 2.24) is 14.3 Å². The normalized spacial score (nSPS) is 20.3. The van der Waals surface area contributed by atoms with E-state index in [0.717, 1.165) is 56.1 Å². The van der Waals surface area contributed by atoms with Crippen LogP contribution in [0.1, 0.15) is 37.1 Å². The molecule has 23 heavy (non-hydrogen) atoms. The molecule has 0 aromatic carbocycles. The molecule has 1 aromatic heterocycles. The number of rotatable bonds is 5. The van der Waals surface area contributed by atoms with Crippen LogP contribution in [0.25, 0.3) is 0 Å². The molecule has 3 rings (SSSR count). The Kier molecular flexibility index (Phi) is 4.60. The van der Waals surface area contributed by atoms with Gasteiger partial charge >= 0.3 is 0 Å². The second kappa shape index (κ2) is 6.36.